The lowest BCUT2D eigenvalue weighted by molar-refractivity contribution is -0.138. The number of ether oxygens (including phenoxy) is 1. The van der Waals surface area contributed by atoms with E-state index in [-0.39, 0.29) is 24.3 Å². The molecule has 0 aromatic carbocycles. The first-order valence-electron chi connectivity index (χ1n) is 6.02. The van der Waals surface area contributed by atoms with Gasteiger partial charge in [-0.05, 0) is 26.2 Å². The van der Waals surface area contributed by atoms with Gasteiger partial charge in [-0.1, -0.05) is 6.92 Å². The topological polar surface area (TPSA) is 75.6 Å². The van der Waals surface area contributed by atoms with E-state index in [1.54, 1.807) is 6.92 Å². The molecule has 0 aromatic rings. The number of carbonyl (C=O) groups excluding carboxylic acids is 1. The van der Waals surface area contributed by atoms with Gasteiger partial charge in [-0.3, -0.25) is 9.59 Å². The van der Waals surface area contributed by atoms with Crippen molar-refractivity contribution >= 4 is 11.9 Å². The Labute approximate surface area is 103 Å². The Morgan fingerprint density at radius 3 is 2.47 bits per heavy atom. The van der Waals surface area contributed by atoms with Gasteiger partial charge < -0.3 is 15.2 Å². The van der Waals surface area contributed by atoms with E-state index in [0.717, 1.165) is 0 Å². The molecule has 0 heterocycles. The number of carboxylic acids is 1. The normalized spacial score (nSPS) is 12.5. The minimum atomic E-state index is -0.836. The molecule has 1 atom stereocenters. The minimum absolute atomic E-state index is 0.0386. The molecule has 5 nitrogen and oxygen atoms in total. The summed E-state index contributed by atoms with van der Waals surface area (Å²) in [5, 5.41) is 11.3. The molecule has 17 heavy (non-hydrogen) atoms. The Morgan fingerprint density at radius 1 is 1.29 bits per heavy atom. The highest BCUT2D eigenvalue weighted by Crippen LogP contribution is 2.00. The smallest absolute Gasteiger partial charge is 0.303 e. The first-order chi connectivity index (χ1) is 7.91. The van der Waals surface area contributed by atoms with Gasteiger partial charge in [0.2, 0.25) is 5.91 Å². The van der Waals surface area contributed by atoms with Crippen LogP contribution < -0.4 is 5.32 Å². The van der Waals surface area contributed by atoms with Crippen molar-refractivity contribution in [3.05, 3.63) is 0 Å². The Hall–Kier alpha value is -1.10. The van der Waals surface area contributed by atoms with Crippen molar-refractivity contribution in [2.75, 3.05) is 13.2 Å². The van der Waals surface area contributed by atoms with Crippen LogP contribution in [-0.4, -0.2) is 36.2 Å². The molecule has 0 fully saturated rings. The molecule has 1 unspecified atom stereocenters. The maximum absolute atomic E-state index is 11.4. The molecule has 0 bridgehead atoms. The third kappa shape index (κ3) is 11.2. The van der Waals surface area contributed by atoms with Gasteiger partial charge >= 0.3 is 5.97 Å². The van der Waals surface area contributed by atoms with Crippen LogP contribution in [0.3, 0.4) is 0 Å². The number of nitrogens with one attached hydrogen (secondary N) is 1. The summed E-state index contributed by atoms with van der Waals surface area (Å²) in [6.45, 7) is 6.70. The standard InChI is InChI=1S/C12H23NO4/c1-9(2)17-6-4-5-11(14)13-8-10(3)7-12(15)16/h9-10H,4-8H2,1-3H3,(H,13,14)(H,15,16). The minimum Gasteiger partial charge on any atom is -0.481 e. The van der Waals surface area contributed by atoms with Gasteiger partial charge in [-0.15, -0.1) is 0 Å². The van der Waals surface area contributed by atoms with Crippen LogP contribution in [0.5, 0.6) is 0 Å². The molecule has 2 N–H and O–H groups in total. The first-order valence-corrected chi connectivity index (χ1v) is 6.02. The molecular formula is C12H23NO4. The molecule has 0 saturated carbocycles. The maximum Gasteiger partial charge on any atom is 0.303 e. The van der Waals surface area contributed by atoms with Crippen molar-refractivity contribution < 1.29 is 19.4 Å². The summed E-state index contributed by atoms with van der Waals surface area (Å²) in [6, 6.07) is 0. The van der Waals surface area contributed by atoms with Crippen molar-refractivity contribution in [3.8, 4) is 0 Å². The second-order valence-electron chi connectivity index (χ2n) is 4.53. The molecule has 1 amide bonds. The number of carbonyl (C=O) groups is 2. The molecule has 0 aromatic heterocycles. The van der Waals surface area contributed by atoms with E-state index < -0.39 is 5.97 Å². The van der Waals surface area contributed by atoms with E-state index in [0.29, 0.717) is 26.0 Å². The molecular weight excluding hydrogens is 222 g/mol. The van der Waals surface area contributed by atoms with Crippen LogP contribution in [0, 0.1) is 5.92 Å². The second-order valence-corrected chi connectivity index (χ2v) is 4.53. The van der Waals surface area contributed by atoms with Crippen LogP contribution in [0.4, 0.5) is 0 Å². The van der Waals surface area contributed by atoms with E-state index in [1.807, 2.05) is 13.8 Å². The van der Waals surface area contributed by atoms with Crippen molar-refractivity contribution in [3.63, 3.8) is 0 Å². The molecule has 0 aliphatic rings. The first kappa shape index (κ1) is 15.9. The zero-order valence-corrected chi connectivity index (χ0v) is 10.9. The predicted molar refractivity (Wildman–Crippen MR) is 64.7 cm³/mol. The van der Waals surface area contributed by atoms with Gasteiger partial charge in [0, 0.05) is 26.0 Å². The van der Waals surface area contributed by atoms with Crippen molar-refractivity contribution in [1.29, 1.82) is 0 Å². The average molecular weight is 245 g/mol. The number of carboxylic acid groups (broad SMARTS) is 1. The summed E-state index contributed by atoms with van der Waals surface area (Å²) in [4.78, 5) is 21.8. The monoisotopic (exact) mass is 245 g/mol. The van der Waals surface area contributed by atoms with E-state index in [1.165, 1.54) is 0 Å². The highest BCUT2D eigenvalue weighted by molar-refractivity contribution is 5.75. The summed E-state index contributed by atoms with van der Waals surface area (Å²) < 4.78 is 5.31. The Morgan fingerprint density at radius 2 is 1.94 bits per heavy atom. The van der Waals surface area contributed by atoms with Gasteiger partial charge in [0.15, 0.2) is 0 Å². The maximum atomic E-state index is 11.4. The number of rotatable bonds is 9. The van der Waals surface area contributed by atoms with Crippen LogP contribution in [0.15, 0.2) is 0 Å². The quantitative estimate of drug-likeness (QED) is 0.602. The summed E-state index contributed by atoms with van der Waals surface area (Å²) in [6.07, 6.45) is 1.38. The zero-order valence-electron chi connectivity index (χ0n) is 10.9. The average Bonchev–Trinajstić information content (AvgIpc) is 2.20. The number of aliphatic carboxylic acids is 1. The van der Waals surface area contributed by atoms with Gasteiger partial charge in [-0.2, -0.15) is 0 Å². The van der Waals surface area contributed by atoms with Crippen molar-refractivity contribution in [2.45, 2.75) is 46.1 Å². The molecule has 0 aliphatic heterocycles. The fourth-order valence-electron chi connectivity index (χ4n) is 1.30. The fraction of sp³-hybridized carbons (Fsp3) is 0.833. The molecule has 0 rings (SSSR count). The third-order valence-electron chi connectivity index (χ3n) is 2.17. The Bertz CT molecular complexity index is 241. The van der Waals surface area contributed by atoms with Crippen LogP contribution in [-0.2, 0) is 14.3 Å². The molecule has 100 valence electrons. The number of hydrogen-bond acceptors (Lipinski definition) is 3. The second kappa shape index (κ2) is 8.98. The summed E-state index contributed by atoms with van der Waals surface area (Å²) in [7, 11) is 0. The lowest BCUT2D eigenvalue weighted by Gasteiger charge is -2.11. The van der Waals surface area contributed by atoms with Crippen LogP contribution >= 0.6 is 0 Å². The van der Waals surface area contributed by atoms with Gasteiger partial charge in [0.05, 0.1) is 6.10 Å². The Kier molecular flexibility index (Phi) is 8.40. The lowest BCUT2D eigenvalue weighted by atomic mass is 10.1. The van der Waals surface area contributed by atoms with Crippen LogP contribution in [0.25, 0.3) is 0 Å². The van der Waals surface area contributed by atoms with E-state index in [2.05, 4.69) is 5.32 Å². The summed E-state index contributed by atoms with van der Waals surface area (Å²) in [5.74, 6) is -0.921. The molecule has 0 aliphatic carbocycles. The number of amides is 1. The van der Waals surface area contributed by atoms with Crippen molar-refractivity contribution in [1.82, 2.24) is 5.32 Å². The molecule has 5 heteroatoms. The SMILES string of the molecule is CC(CNC(=O)CCCOC(C)C)CC(=O)O. The van der Waals surface area contributed by atoms with Crippen LogP contribution in [0.1, 0.15) is 40.0 Å². The van der Waals surface area contributed by atoms with Gasteiger partial charge in [0.25, 0.3) is 0 Å². The van der Waals surface area contributed by atoms with E-state index >= 15 is 0 Å². The summed E-state index contributed by atoms with van der Waals surface area (Å²) >= 11 is 0. The fourth-order valence-corrected chi connectivity index (χ4v) is 1.30. The lowest BCUT2D eigenvalue weighted by Crippen LogP contribution is -2.29. The largest absolute Gasteiger partial charge is 0.481 e. The number of hydrogen-bond donors (Lipinski definition) is 2. The van der Waals surface area contributed by atoms with E-state index in [9.17, 15) is 9.59 Å². The molecule has 0 saturated heterocycles. The molecule has 0 radical (unpaired) electrons. The van der Waals surface area contributed by atoms with E-state index in [4.69, 9.17) is 9.84 Å². The molecule has 0 spiro atoms. The van der Waals surface area contributed by atoms with Crippen molar-refractivity contribution in [2.24, 2.45) is 5.92 Å². The zero-order chi connectivity index (χ0) is 13.3. The van der Waals surface area contributed by atoms with Gasteiger partial charge in [0.1, 0.15) is 0 Å². The van der Waals surface area contributed by atoms with Crippen LogP contribution in [0.2, 0.25) is 0 Å². The predicted octanol–water partition coefficient (Wildman–Crippen LogP) is 1.42. The highest BCUT2D eigenvalue weighted by atomic mass is 16.5. The summed E-state index contributed by atoms with van der Waals surface area (Å²) in [5.41, 5.74) is 0. The Balaban J connectivity index is 3.49. The third-order valence-corrected chi connectivity index (χ3v) is 2.17. The van der Waals surface area contributed by atoms with Gasteiger partial charge in [-0.25, -0.2) is 0 Å². The highest BCUT2D eigenvalue weighted by Gasteiger charge is 2.09.